The highest BCUT2D eigenvalue weighted by Gasteiger charge is 2.31. The van der Waals surface area contributed by atoms with Crippen molar-refractivity contribution < 1.29 is 9.53 Å². The molecular formula is C17H26N4O2. The highest BCUT2D eigenvalue weighted by Crippen LogP contribution is 2.25. The van der Waals surface area contributed by atoms with Crippen LogP contribution in [0.5, 0.6) is 5.88 Å². The van der Waals surface area contributed by atoms with Gasteiger partial charge in [0.1, 0.15) is 0 Å². The van der Waals surface area contributed by atoms with Crippen molar-refractivity contribution in [2.45, 2.75) is 32.6 Å². The van der Waals surface area contributed by atoms with Crippen molar-refractivity contribution in [3.8, 4) is 5.88 Å². The van der Waals surface area contributed by atoms with Gasteiger partial charge in [-0.05, 0) is 31.6 Å². The molecule has 0 saturated carbocycles. The van der Waals surface area contributed by atoms with Gasteiger partial charge in [-0.2, -0.15) is 4.98 Å². The number of nitrogens with zero attached hydrogens (tertiary/aromatic N) is 4. The summed E-state index contributed by atoms with van der Waals surface area (Å²) in [5.74, 6) is 2.42. The summed E-state index contributed by atoms with van der Waals surface area (Å²) in [4.78, 5) is 25.6. The molecule has 0 unspecified atom stereocenters. The molecule has 2 aliphatic heterocycles. The smallest absolute Gasteiger partial charge is 0.228 e. The zero-order chi connectivity index (χ0) is 16.2. The van der Waals surface area contributed by atoms with Crippen molar-refractivity contribution in [2.24, 2.45) is 11.8 Å². The van der Waals surface area contributed by atoms with Crippen LogP contribution in [0.4, 0.5) is 5.95 Å². The average molecular weight is 318 g/mol. The lowest BCUT2D eigenvalue weighted by Crippen LogP contribution is -2.46. The summed E-state index contributed by atoms with van der Waals surface area (Å²) in [5.41, 5.74) is 0. The van der Waals surface area contributed by atoms with Crippen LogP contribution in [0, 0.1) is 11.8 Å². The van der Waals surface area contributed by atoms with E-state index >= 15 is 0 Å². The van der Waals surface area contributed by atoms with Gasteiger partial charge in [0.2, 0.25) is 17.7 Å². The molecule has 0 aromatic carbocycles. The van der Waals surface area contributed by atoms with Gasteiger partial charge in [0, 0.05) is 44.4 Å². The molecule has 23 heavy (non-hydrogen) atoms. The van der Waals surface area contributed by atoms with Gasteiger partial charge in [-0.15, -0.1) is 0 Å². The first kappa shape index (κ1) is 16.0. The Bertz CT molecular complexity index is 543. The molecule has 126 valence electrons. The third kappa shape index (κ3) is 3.74. The molecule has 0 N–H and O–H groups in total. The van der Waals surface area contributed by atoms with E-state index in [1.165, 1.54) is 6.42 Å². The molecule has 0 radical (unpaired) electrons. The second-order valence-corrected chi connectivity index (χ2v) is 6.69. The van der Waals surface area contributed by atoms with Crippen LogP contribution in [-0.4, -0.2) is 54.1 Å². The van der Waals surface area contributed by atoms with Crippen LogP contribution < -0.4 is 9.64 Å². The Hall–Kier alpha value is -1.85. The minimum Gasteiger partial charge on any atom is -0.481 e. The number of piperidine rings is 2. The van der Waals surface area contributed by atoms with Crippen molar-refractivity contribution in [1.29, 1.82) is 0 Å². The Labute approximate surface area is 137 Å². The van der Waals surface area contributed by atoms with Crippen LogP contribution in [0.3, 0.4) is 0 Å². The molecule has 2 fully saturated rings. The van der Waals surface area contributed by atoms with E-state index in [2.05, 4.69) is 26.7 Å². The van der Waals surface area contributed by atoms with Gasteiger partial charge in [0.15, 0.2) is 0 Å². The molecule has 1 atom stereocenters. The number of hydrogen-bond acceptors (Lipinski definition) is 5. The Morgan fingerprint density at radius 3 is 2.74 bits per heavy atom. The fourth-order valence-corrected chi connectivity index (χ4v) is 3.57. The number of amides is 1. The Balaban J connectivity index is 1.56. The highest BCUT2D eigenvalue weighted by molar-refractivity contribution is 5.79. The minimum absolute atomic E-state index is 0.155. The lowest BCUT2D eigenvalue weighted by molar-refractivity contribution is -0.137. The predicted molar refractivity (Wildman–Crippen MR) is 88.5 cm³/mol. The normalized spacial score (nSPS) is 23.0. The number of carbonyl (C=O) groups is 1. The molecular weight excluding hydrogens is 292 g/mol. The van der Waals surface area contributed by atoms with Crippen LogP contribution in [-0.2, 0) is 4.79 Å². The van der Waals surface area contributed by atoms with Crippen molar-refractivity contribution in [1.82, 2.24) is 14.9 Å². The zero-order valence-electron chi connectivity index (χ0n) is 14.1. The molecule has 0 bridgehead atoms. The number of hydrogen-bond donors (Lipinski definition) is 0. The summed E-state index contributed by atoms with van der Waals surface area (Å²) in [6.45, 7) is 5.75. The zero-order valence-corrected chi connectivity index (χ0v) is 14.1. The van der Waals surface area contributed by atoms with Gasteiger partial charge in [0.05, 0.1) is 7.11 Å². The minimum atomic E-state index is 0.155. The molecule has 1 amide bonds. The molecule has 3 rings (SSSR count). The number of likely N-dealkylation sites (tertiary alicyclic amines) is 1. The lowest BCUT2D eigenvalue weighted by atomic mass is 9.93. The summed E-state index contributed by atoms with van der Waals surface area (Å²) >= 11 is 0. The maximum atomic E-state index is 12.7. The summed E-state index contributed by atoms with van der Waals surface area (Å²) in [6, 6.07) is 1.75. The van der Waals surface area contributed by atoms with E-state index in [0.29, 0.717) is 23.7 Å². The number of rotatable bonds is 3. The molecule has 6 nitrogen and oxygen atoms in total. The number of anilines is 1. The first-order valence-electron chi connectivity index (χ1n) is 8.58. The Kier molecular flexibility index (Phi) is 4.98. The van der Waals surface area contributed by atoms with Crippen molar-refractivity contribution in [2.75, 3.05) is 38.2 Å². The maximum absolute atomic E-state index is 12.7. The molecule has 2 saturated heterocycles. The Morgan fingerprint density at radius 1 is 1.26 bits per heavy atom. The Morgan fingerprint density at radius 2 is 2.04 bits per heavy atom. The first-order valence-corrected chi connectivity index (χ1v) is 8.58. The molecule has 2 aliphatic rings. The second kappa shape index (κ2) is 7.15. The van der Waals surface area contributed by atoms with Crippen LogP contribution in [0.2, 0.25) is 0 Å². The van der Waals surface area contributed by atoms with Gasteiger partial charge < -0.3 is 14.5 Å². The van der Waals surface area contributed by atoms with Crippen LogP contribution in [0.1, 0.15) is 32.6 Å². The van der Waals surface area contributed by atoms with Crippen LogP contribution in [0.25, 0.3) is 0 Å². The second-order valence-electron chi connectivity index (χ2n) is 6.69. The summed E-state index contributed by atoms with van der Waals surface area (Å²) in [6.07, 6.45) is 5.86. The molecule has 0 spiro atoms. The average Bonchev–Trinajstić information content (AvgIpc) is 2.61. The highest BCUT2D eigenvalue weighted by atomic mass is 16.5. The fraction of sp³-hybridized carbons (Fsp3) is 0.706. The van der Waals surface area contributed by atoms with E-state index < -0.39 is 0 Å². The SMILES string of the molecule is COc1ccnc(N2CCC(C(=O)N3CCC[C@H](C)C3)CC2)n1. The van der Waals surface area contributed by atoms with Gasteiger partial charge in [0.25, 0.3) is 0 Å². The van der Waals surface area contributed by atoms with E-state index in [-0.39, 0.29) is 5.92 Å². The van der Waals surface area contributed by atoms with E-state index in [1.807, 2.05) is 0 Å². The fourth-order valence-electron chi connectivity index (χ4n) is 3.57. The van der Waals surface area contributed by atoms with Crippen LogP contribution in [0.15, 0.2) is 12.3 Å². The third-order valence-electron chi connectivity index (χ3n) is 4.92. The number of methoxy groups -OCH3 is 1. The van der Waals surface area contributed by atoms with Gasteiger partial charge >= 0.3 is 0 Å². The topological polar surface area (TPSA) is 58.6 Å². The summed E-state index contributed by atoms with van der Waals surface area (Å²) in [5, 5.41) is 0. The van der Waals surface area contributed by atoms with E-state index in [1.54, 1.807) is 19.4 Å². The van der Waals surface area contributed by atoms with Crippen molar-refractivity contribution in [3.05, 3.63) is 12.3 Å². The van der Waals surface area contributed by atoms with Crippen molar-refractivity contribution >= 4 is 11.9 Å². The molecule has 0 aliphatic carbocycles. The largest absolute Gasteiger partial charge is 0.481 e. The standard InChI is InChI=1S/C17H26N4O2/c1-13-4-3-9-21(12-13)16(22)14-6-10-20(11-7-14)17-18-8-5-15(19-17)23-2/h5,8,13-14H,3-4,6-7,9-12H2,1-2H3/t13-/m0/s1. The van der Waals surface area contributed by atoms with E-state index in [0.717, 1.165) is 45.4 Å². The van der Waals surface area contributed by atoms with Gasteiger partial charge in [-0.25, -0.2) is 4.98 Å². The molecule has 1 aromatic rings. The molecule has 1 aromatic heterocycles. The van der Waals surface area contributed by atoms with Gasteiger partial charge in [-0.1, -0.05) is 6.92 Å². The first-order chi connectivity index (χ1) is 11.2. The maximum Gasteiger partial charge on any atom is 0.228 e. The third-order valence-corrected chi connectivity index (χ3v) is 4.92. The van der Waals surface area contributed by atoms with Crippen LogP contribution >= 0.6 is 0 Å². The summed E-state index contributed by atoms with van der Waals surface area (Å²) in [7, 11) is 1.61. The number of aromatic nitrogens is 2. The number of ether oxygens (including phenoxy) is 1. The predicted octanol–water partition coefficient (Wildman–Crippen LogP) is 1.96. The quantitative estimate of drug-likeness (QED) is 0.853. The van der Waals surface area contributed by atoms with E-state index in [4.69, 9.17) is 4.74 Å². The number of carbonyl (C=O) groups excluding carboxylic acids is 1. The monoisotopic (exact) mass is 318 g/mol. The molecule has 6 heteroatoms. The molecule has 3 heterocycles. The van der Waals surface area contributed by atoms with Crippen molar-refractivity contribution in [3.63, 3.8) is 0 Å². The van der Waals surface area contributed by atoms with Gasteiger partial charge in [-0.3, -0.25) is 4.79 Å². The summed E-state index contributed by atoms with van der Waals surface area (Å²) < 4.78 is 5.16. The van der Waals surface area contributed by atoms with E-state index in [9.17, 15) is 4.79 Å². The lowest BCUT2D eigenvalue weighted by Gasteiger charge is -2.37.